The van der Waals surface area contributed by atoms with Crippen LogP contribution in [0.4, 0.5) is 22.0 Å². The average molecular weight is 310 g/mol. The van der Waals surface area contributed by atoms with Crippen LogP contribution in [0.5, 0.6) is 0 Å². The molecule has 1 atom stereocenters. The summed E-state index contributed by atoms with van der Waals surface area (Å²) in [6, 6.07) is 2.44. The van der Waals surface area contributed by atoms with Crippen molar-refractivity contribution in [1.82, 2.24) is 5.32 Å². The lowest BCUT2D eigenvalue weighted by Crippen LogP contribution is -2.37. The van der Waals surface area contributed by atoms with Gasteiger partial charge in [-0.1, -0.05) is 24.3 Å². The lowest BCUT2D eigenvalue weighted by molar-refractivity contribution is -0.289. The highest BCUT2D eigenvalue weighted by Crippen LogP contribution is 2.43. The summed E-state index contributed by atoms with van der Waals surface area (Å²) in [5.41, 5.74) is 3.74. The van der Waals surface area contributed by atoms with E-state index < -0.39 is 35.5 Å². The van der Waals surface area contributed by atoms with E-state index in [0.29, 0.717) is 12.1 Å². The predicted octanol–water partition coefficient (Wildman–Crippen LogP) is 2.00. The van der Waals surface area contributed by atoms with Gasteiger partial charge >= 0.3 is 23.9 Å². The van der Waals surface area contributed by atoms with Crippen molar-refractivity contribution in [3.05, 3.63) is 35.4 Å². The first-order valence-electron chi connectivity index (χ1n) is 5.62. The number of carbonyl (C=O) groups is 2. The SMILES string of the molecule is C[C@H](NC(=O)C(N)=O)c1ccc(C(F)(F)C(F)(F)F)cc1. The molecule has 0 aliphatic rings. The van der Waals surface area contributed by atoms with Gasteiger partial charge in [0.25, 0.3) is 0 Å². The number of rotatable bonds is 3. The van der Waals surface area contributed by atoms with E-state index in [1.807, 2.05) is 0 Å². The molecule has 3 N–H and O–H groups in total. The quantitative estimate of drug-likeness (QED) is 0.662. The fourth-order valence-corrected chi connectivity index (χ4v) is 1.50. The maximum absolute atomic E-state index is 13.1. The van der Waals surface area contributed by atoms with Crippen molar-refractivity contribution in [2.24, 2.45) is 5.73 Å². The molecule has 0 heterocycles. The number of amides is 2. The molecule has 1 aromatic carbocycles. The lowest BCUT2D eigenvalue weighted by Gasteiger charge is -2.20. The van der Waals surface area contributed by atoms with Gasteiger partial charge < -0.3 is 11.1 Å². The Hall–Kier alpha value is -2.19. The van der Waals surface area contributed by atoms with Gasteiger partial charge in [-0.15, -0.1) is 0 Å². The molecule has 0 spiro atoms. The number of nitrogens with two attached hydrogens (primary N) is 1. The normalized spacial score (nSPS) is 13.6. The third kappa shape index (κ3) is 3.67. The Labute approximate surface area is 116 Å². The molecule has 0 aromatic heterocycles. The van der Waals surface area contributed by atoms with Crippen molar-refractivity contribution in [1.29, 1.82) is 0 Å². The van der Waals surface area contributed by atoms with E-state index in [-0.39, 0.29) is 5.56 Å². The minimum absolute atomic E-state index is 0.242. The first kappa shape index (κ1) is 16.9. The summed E-state index contributed by atoms with van der Waals surface area (Å²) in [5.74, 6) is -7.29. The van der Waals surface area contributed by atoms with Gasteiger partial charge in [-0.05, 0) is 12.5 Å². The molecule has 0 bridgehead atoms. The molecule has 1 aromatic rings. The molecular formula is C12H11F5N2O2. The van der Waals surface area contributed by atoms with Crippen LogP contribution in [0, 0.1) is 0 Å². The highest BCUT2D eigenvalue weighted by molar-refractivity contribution is 6.34. The van der Waals surface area contributed by atoms with Crippen LogP contribution in [0.1, 0.15) is 24.1 Å². The number of alkyl halides is 5. The van der Waals surface area contributed by atoms with Crippen molar-refractivity contribution in [2.45, 2.75) is 25.1 Å². The molecule has 0 aliphatic carbocycles. The third-order valence-electron chi connectivity index (χ3n) is 2.70. The van der Waals surface area contributed by atoms with Crippen LogP contribution in [0.3, 0.4) is 0 Å². The Morgan fingerprint density at radius 1 is 1.10 bits per heavy atom. The number of carbonyl (C=O) groups excluding carboxylic acids is 2. The molecule has 1 rings (SSSR count). The maximum Gasteiger partial charge on any atom is 0.458 e. The molecule has 0 saturated carbocycles. The van der Waals surface area contributed by atoms with Crippen molar-refractivity contribution < 1.29 is 31.5 Å². The molecule has 116 valence electrons. The number of hydrogen-bond donors (Lipinski definition) is 2. The maximum atomic E-state index is 13.1. The van der Waals surface area contributed by atoms with Crippen LogP contribution >= 0.6 is 0 Å². The van der Waals surface area contributed by atoms with Crippen LogP contribution in [0.2, 0.25) is 0 Å². The van der Waals surface area contributed by atoms with Gasteiger partial charge in [0, 0.05) is 5.56 Å². The first-order valence-corrected chi connectivity index (χ1v) is 5.62. The topological polar surface area (TPSA) is 72.2 Å². The highest BCUT2D eigenvalue weighted by Gasteiger charge is 2.58. The summed E-state index contributed by atoms with van der Waals surface area (Å²) in [6.07, 6.45) is -5.69. The largest absolute Gasteiger partial charge is 0.458 e. The zero-order valence-electron chi connectivity index (χ0n) is 10.7. The predicted molar refractivity (Wildman–Crippen MR) is 62.1 cm³/mol. The van der Waals surface area contributed by atoms with Crippen LogP contribution < -0.4 is 11.1 Å². The van der Waals surface area contributed by atoms with Crippen molar-refractivity contribution in [3.8, 4) is 0 Å². The van der Waals surface area contributed by atoms with E-state index in [9.17, 15) is 31.5 Å². The second-order valence-electron chi connectivity index (χ2n) is 4.25. The minimum Gasteiger partial charge on any atom is -0.361 e. The Bertz CT molecular complexity index is 540. The second-order valence-corrected chi connectivity index (χ2v) is 4.25. The third-order valence-corrected chi connectivity index (χ3v) is 2.70. The average Bonchev–Trinajstić information content (AvgIpc) is 2.37. The van der Waals surface area contributed by atoms with Gasteiger partial charge in [-0.3, -0.25) is 9.59 Å². The molecule has 0 fully saturated rings. The van der Waals surface area contributed by atoms with Crippen LogP contribution in [0.15, 0.2) is 24.3 Å². The Balaban J connectivity index is 2.93. The number of halogens is 5. The lowest BCUT2D eigenvalue weighted by atomic mass is 10.0. The summed E-state index contributed by atoms with van der Waals surface area (Å²) in [4.78, 5) is 21.6. The zero-order chi connectivity index (χ0) is 16.4. The van der Waals surface area contributed by atoms with Crippen molar-refractivity contribution >= 4 is 11.8 Å². The molecule has 2 amide bonds. The molecule has 4 nitrogen and oxygen atoms in total. The number of hydrogen-bond acceptors (Lipinski definition) is 2. The van der Waals surface area contributed by atoms with Crippen molar-refractivity contribution in [2.75, 3.05) is 0 Å². The first-order chi connectivity index (χ1) is 9.46. The number of benzene rings is 1. The van der Waals surface area contributed by atoms with E-state index in [1.54, 1.807) is 0 Å². The fourth-order valence-electron chi connectivity index (χ4n) is 1.50. The summed E-state index contributed by atoms with van der Waals surface area (Å²) >= 11 is 0. The Morgan fingerprint density at radius 3 is 1.95 bits per heavy atom. The smallest absolute Gasteiger partial charge is 0.361 e. The summed E-state index contributed by atoms with van der Waals surface area (Å²) in [6.45, 7) is 1.41. The zero-order valence-corrected chi connectivity index (χ0v) is 10.7. The summed E-state index contributed by atoms with van der Waals surface area (Å²) < 4.78 is 62.7. The van der Waals surface area contributed by atoms with Gasteiger partial charge in [0.2, 0.25) is 0 Å². The van der Waals surface area contributed by atoms with Gasteiger partial charge in [-0.2, -0.15) is 22.0 Å². The highest BCUT2D eigenvalue weighted by atomic mass is 19.4. The summed E-state index contributed by atoms with van der Waals surface area (Å²) in [5, 5.41) is 2.16. The standard InChI is InChI=1S/C12H11F5N2O2/c1-6(19-10(21)9(18)20)7-2-4-8(5-3-7)11(13,14)12(15,16)17/h2-6H,1H3,(H2,18,20)(H,19,21)/t6-/m0/s1. The monoisotopic (exact) mass is 310 g/mol. The minimum atomic E-state index is -5.69. The second kappa shape index (κ2) is 5.66. The van der Waals surface area contributed by atoms with Crippen LogP contribution in [-0.4, -0.2) is 18.0 Å². The number of nitrogens with one attached hydrogen (secondary N) is 1. The molecule has 21 heavy (non-hydrogen) atoms. The van der Waals surface area contributed by atoms with E-state index in [0.717, 1.165) is 12.1 Å². The van der Waals surface area contributed by atoms with E-state index in [4.69, 9.17) is 5.73 Å². The van der Waals surface area contributed by atoms with Gasteiger partial charge in [-0.25, -0.2) is 0 Å². The van der Waals surface area contributed by atoms with Crippen molar-refractivity contribution in [3.63, 3.8) is 0 Å². The molecule has 0 saturated heterocycles. The molecule has 0 aliphatic heterocycles. The molecule has 9 heteroatoms. The van der Waals surface area contributed by atoms with Gasteiger partial charge in [0.05, 0.1) is 6.04 Å². The molecular weight excluding hydrogens is 299 g/mol. The Kier molecular flexibility index (Phi) is 4.55. The Morgan fingerprint density at radius 2 is 1.57 bits per heavy atom. The van der Waals surface area contributed by atoms with Gasteiger partial charge in [0.15, 0.2) is 0 Å². The van der Waals surface area contributed by atoms with Crippen LogP contribution in [0.25, 0.3) is 0 Å². The molecule has 0 radical (unpaired) electrons. The van der Waals surface area contributed by atoms with E-state index >= 15 is 0 Å². The van der Waals surface area contributed by atoms with E-state index in [1.165, 1.54) is 6.92 Å². The van der Waals surface area contributed by atoms with E-state index in [2.05, 4.69) is 5.32 Å². The molecule has 0 unspecified atom stereocenters. The fraction of sp³-hybridized carbons (Fsp3) is 0.333. The van der Waals surface area contributed by atoms with Gasteiger partial charge in [0.1, 0.15) is 0 Å². The number of primary amides is 1. The summed E-state index contributed by atoms with van der Waals surface area (Å²) in [7, 11) is 0. The van der Waals surface area contributed by atoms with Crippen LogP contribution in [-0.2, 0) is 15.5 Å².